The van der Waals surface area contributed by atoms with Crippen LogP contribution in [0.3, 0.4) is 0 Å². The van der Waals surface area contributed by atoms with Crippen LogP contribution in [0, 0.1) is 5.41 Å². The molecular weight excluding hydrogens is 579 g/mol. The summed E-state index contributed by atoms with van der Waals surface area (Å²) in [5, 5.41) is 0. The molecule has 3 aliphatic rings. The van der Waals surface area contributed by atoms with E-state index >= 15 is 0 Å². The number of hydrogen-bond acceptors (Lipinski definition) is 5. The Labute approximate surface area is 271 Å². The Kier molecular flexibility index (Phi) is 10.9. The molecule has 0 unspecified atom stereocenters. The van der Waals surface area contributed by atoms with E-state index in [2.05, 4.69) is 112 Å². The van der Waals surface area contributed by atoms with Crippen molar-refractivity contribution in [2.24, 2.45) is 5.41 Å². The van der Waals surface area contributed by atoms with Crippen LogP contribution in [0.1, 0.15) is 114 Å². The van der Waals surface area contributed by atoms with E-state index in [0.717, 1.165) is 55.1 Å². The number of anilines is 1. The first-order valence-electron chi connectivity index (χ1n) is 17.8. The zero-order chi connectivity index (χ0) is 32.7. The summed E-state index contributed by atoms with van der Waals surface area (Å²) in [7, 11) is -4.27. The fourth-order valence-corrected chi connectivity index (χ4v) is 18.0. The lowest BCUT2D eigenvalue weighted by Gasteiger charge is -2.48. The van der Waals surface area contributed by atoms with Crippen LogP contribution in [-0.2, 0) is 24.0 Å². The number of Topliss-reactive ketones (excluding diaryl/α,β-unsaturated/α-hetero) is 1. The predicted octanol–water partition coefficient (Wildman–Crippen LogP) is 10.1. The second-order valence-electron chi connectivity index (χ2n) is 15.2. The van der Waals surface area contributed by atoms with E-state index in [1.54, 1.807) is 0 Å². The van der Waals surface area contributed by atoms with Gasteiger partial charge in [-0.1, -0.05) is 93.9 Å². The Morgan fingerprint density at radius 3 is 2.11 bits per heavy atom. The SMILES string of the molecule is CCCCC1=C(C)C(=O)[C@@](C)(CN2c3ccccc3[C@]3(O[Si](CC)(CC)CC)CCO[C@H]23)[C@H]1O[Si](C(C)C)(C(C)C)C(C)C. The number of rotatable bonds is 15. The van der Waals surface area contributed by atoms with Crippen molar-refractivity contribution in [1.29, 1.82) is 0 Å². The molecule has 7 heteroatoms. The summed E-state index contributed by atoms with van der Waals surface area (Å²) in [4.78, 5) is 17.0. The van der Waals surface area contributed by atoms with E-state index < -0.39 is 27.7 Å². The molecule has 4 atom stereocenters. The molecule has 1 aromatic rings. The van der Waals surface area contributed by atoms with Gasteiger partial charge in [0.1, 0.15) is 5.60 Å². The average molecular weight is 642 g/mol. The number of ether oxygens (including phenoxy) is 1. The van der Waals surface area contributed by atoms with Gasteiger partial charge in [0.25, 0.3) is 0 Å². The van der Waals surface area contributed by atoms with Gasteiger partial charge in [0.05, 0.1) is 18.1 Å². The number of allylic oxidation sites excluding steroid dienone is 1. The Morgan fingerprint density at radius 1 is 0.977 bits per heavy atom. The van der Waals surface area contributed by atoms with Crippen molar-refractivity contribution in [3.05, 3.63) is 41.0 Å². The van der Waals surface area contributed by atoms with Crippen molar-refractivity contribution in [2.75, 3.05) is 18.1 Å². The molecule has 5 nitrogen and oxygen atoms in total. The van der Waals surface area contributed by atoms with Gasteiger partial charge in [0.15, 0.2) is 20.3 Å². The molecule has 0 aromatic heterocycles. The van der Waals surface area contributed by atoms with Crippen LogP contribution in [0.4, 0.5) is 5.69 Å². The highest BCUT2D eigenvalue weighted by Gasteiger charge is 2.62. The first-order chi connectivity index (χ1) is 20.7. The van der Waals surface area contributed by atoms with Crippen LogP contribution < -0.4 is 4.90 Å². The molecule has 1 aromatic carbocycles. The monoisotopic (exact) mass is 641 g/mol. The van der Waals surface area contributed by atoms with E-state index in [9.17, 15) is 4.79 Å². The Bertz CT molecular complexity index is 1180. The number of hydrogen-bond donors (Lipinski definition) is 0. The fraction of sp³-hybridized carbons (Fsp3) is 0.757. The molecule has 1 saturated heterocycles. The van der Waals surface area contributed by atoms with E-state index in [1.807, 2.05) is 0 Å². The average Bonchev–Trinajstić information content (AvgIpc) is 3.57. The quantitative estimate of drug-likeness (QED) is 0.178. The van der Waals surface area contributed by atoms with Crippen LogP contribution >= 0.6 is 0 Å². The molecular formula is C37H63NO4Si2. The second kappa shape index (κ2) is 13.5. The molecule has 44 heavy (non-hydrogen) atoms. The van der Waals surface area contributed by atoms with Crippen LogP contribution in [0.15, 0.2) is 35.4 Å². The highest BCUT2D eigenvalue weighted by molar-refractivity contribution is 6.77. The number of para-hydroxylation sites is 1. The summed E-state index contributed by atoms with van der Waals surface area (Å²) in [6.45, 7) is 28.8. The number of carbonyl (C=O) groups is 1. The summed E-state index contributed by atoms with van der Waals surface area (Å²) in [6, 6.07) is 12.0. The van der Waals surface area contributed by atoms with Crippen LogP contribution in [0.25, 0.3) is 0 Å². The second-order valence-corrected chi connectivity index (χ2v) is 25.3. The van der Waals surface area contributed by atoms with Crippen LogP contribution in [-0.4, -0.2) is 47.9 Å². The van der Waals surface area contributed by atoms with E-state index in [0.29, 0.717) is 29.8 Å². The topological polar surface area (TPSA) is 48.0 Å². The van der Waals surface area contributed by atoms with Gasteiger partial charge >= 0.3 is 0 Å². The third-order valence-corrected chi connectivity index (χ3v) is 22.7. The van der Waals surface area contributed by atoms with Crippen molar-refractivity contribution >= 4 is 28.1 Å². The maximum absolute atomic E-state index is 14.6. The van der Waals surface area contributed by atoms with Gasteiger partial charge < -0.3 is 18.5 Å². The zero-order valence-electron chi connectivity index (χ0n) is 30.1. The molecule has 1 aliphatic carbocycles. The molecule has 1 fully saturated rings. The highest BCUT2D eigenvalue weighted by atomic mass is 28.4. The van der Waals surface area contributed by atoms with Crippen molar-refractivity contribution in [3.63, 3.8) is 0 Å². The minimum absolute atomic E-state index is 0.222. The number of ketones is 1. The maximum atomic E-state index is 14.6. The number of nitrogens with zero attached hydrogens (tertiary/aromatic N) is 1. The van der Waals surface area contributed by atoms with Gasteiger partial charge in [-0.2, -0.15) is 0 Å². The molecule has 0 spiro atoms. The molecule has 0 amide bonds. The van der Waals surface area contributed by atoms with E-state index in [4.69, 9.17) is 13.6 Å². The van der Waals surface area contributed by atoms with E-state index in [-0.39, 0.29) is 18.1 Å². The largest absolute Gasteiger partial charge is 0.408 e. The lowest BCUT2D eigenvalue weighted by Crippen LogP contribution is -2.58. The molecule has 0 saturated carbocycles. The van der Waals surface area contributed by atoms with Crippen LogP contribution in [0.2, 0.25) is 34.8 Å². The minimum Gasteiger partial charge on any atom is -0.408 e. The molecule has 4 rings (SSSR count). The molecule has 0 bridgehead atoms. The van der Waals surface area contributed by atoms with Crippen molar-refractivity contribution in [2.45, 2.75) is 161 Å². The van der Waals surface area contributed by atoms with Gasteiger partial charge in [0, 0.05) is 24.2 Å². The first-order valence-corrected chi connectivity index (χ1v) is 22.5. The summed E-state index contributed by atoms with van der Waals surface area (Å²) in [5.74, 6) is 0.251. The lowest BCUT2D eigenvalue weighted by molar-refractivity contribution is -0.126. The Hall–Kier alpha value is -1.26. The Balaban J connectivity index is 1.83. The maximum Gasteiger partial charge on any atom is 0.201 e. The minimum atomic E-state index is -2.29. The molecule has 0 radical (unpaired) electrons. The normalized spacial score (nSPS) is 27.4. The zero-order valence-corrected chi connectivity index (χ0v) is 32.1. The van der Waals surface area contributed by atoms with Gasteiger partial charge in [-0.15, -0.1) is 0 Å². The van der Waals surface area contributed by atoms with Gasteiger partial charge in [-0.3, -0.25) is 4.79 Å². The lowest BCUT2D eigenvalue weighted by atomic mass is 9.81. The van der Waals surface area contributed by atoms with Gasteiger partial charge in [-0.25, -0.2) is 0 Å². The number of carbonyl (C=O) groups excluding carboxylic acids is 1. The third kappa shape index (κ3) is 5.54. The molecule has 0 N–H and O–H groups in total. The smallest absolute Gasteiger partial charge is 0.201 e. The van der Waals surface area contributed by atoms with Crippen molar-refractivity contribution in [3.8, 4) is 0 Å². The number of unbranched alkanes of at least 4 members (excludes halogenated alkanes) is 1. The van der Waals surface area contributed by atoms with Gasteiger partial charge in [-0.05, 0) is 78.7 Å². The molecule has 248 valence electrons. The molecule has 2 aliphatic heterocycles. The summed E-state index contributed by atoms with van der Waals surface area (Å²) < 4.78 is 21.9. The predicted molar refractivity (Wildman–Crippen MR) is 189 cm³/mol. The summed E-state index contributed by atoms with van der Waals surface area (Å²) in [6.07, 6.45) is 3.50. The Morgan fingerprint density at radius 2 is 1.57 bits per heavy atom. The number of fused-ring (bicyclic) bond motifs is 3. The van der Waals surface area contributed by atoms with Gasteiger partial charge in [0.2, 0.25) is 8.32 Å². The van der Waals surface area contributed by atoms with Crippen molar-refractivity contribution < 1.29 is 18.4 Å². The molecule has 2 heterocycles. The first kappa shape index (κ1) is 35.6. The number of benzene rings is 1. The highest BCUT2D eigenvalue weighted by Crippen LogP contribution is 2.57. The fourth-order valence-electron chi connectivity index (χ4n) is 9.36. The van der Waals surface area contributed by atoms with Crippen molar-refractivity contribution in [1.82, 2.24) is 0 Å². The summed E-state index contributed by atoms with van der Waals surface area (Å²) in [5.41, 5.74) is 4.71. The summed E-state index contributed by atoms with van der Waals surface area (Å²) >= 11 is 0. The van der Waals surface area contributed by atoms with Crippen LogP contribution in [0.5, 0.6) is 0 Å². The third-order valence-electron chi connectivity index (χ3n) is 12.0. The van der Waals surface area contributed by atoms with E-state index in [1.165, 1.54) is 11.1 Å². The standard InChI is InChI=1S/C37H63NO4Si2/c1-13-17-20-30-29(11)33(39)36(12,34(30)41-44(26(5)6,27(7)8)28(9)10)25-38-32-22-19-18-21-31(32)37(23-24-40-35(37)38)42-43(14-2,15-3)16-4/h18-19,21-22,26-28,34-35H,13-17,20,23-25H2,1-12H3/t34-,35-,36+,37+/m0/s1.